The summed E-state index contributed by atoms with van der Waals surface area (Å²) in [4.78, 5) is 3.69. The van der Waals surface area contributed by atoms with Gasteiger partial charge in [-0.1, -0.05) is 12.8 Å². The molecule has 0 amide bonds. The molecule has 1 rings (SSSR count). The molecule has 0 saturated heterocycles. The predicted molar refractivity (Wildman–Crippen MR) is 34.5 cm³/mol. The van der Waals surface area contributed by atoms with Gasteiger partial charge < -0.3 is 5.11 Å². The highest BCUT2D eigenvalue weighted by Gasteiger charge is 2.04. The van der Waals surface area contributed by atoms with E-state index in [1.165, 1.54) is 22.9 Å². The van der Waals surface area contributed by atoms with Gasteiger partial charge in [0.15, 0.2) is 6.23 Å². The zero-order chi connectivity index (χ0) is 5.98. The molecule has 0 fully saturated rings. The average molecular weight is 130 g/mol. The highest BCUT2D eigenvalue weighted by molar-refractivity contribution is 7.78. The average Bonchev–Trinajstić information content (AvgIpc) is 1.77. The summed E-state index contributed by atoms with van der Waals surface area (Å²) in [7, 11) is 0. The molecule has 0 radical (unpaired) electrons. The van der Waals surface area contributed by atoms with Crippen molar-refractivity contribution >= 4 is 19.2 Å². The van der Waals surface area contributed by atoms with Crippen molar-refractivity contribution in [2.45, 2.75) is 6.23 Å². The van der Waals surface area contributed by atoms with Crippen LogP contribution in [0.2, 0.25) is 0 Å². The van der Waals surface area contributed by atoms with Crippen molar-refractivity contribution in [2.24, 2.45) is 4.99 Å². The van der Waals surface area contributed by atoms with E-state index in [1.54, 1.807) is 0 Å². The summed E-state index contributed by atoms with van der Waals surface area (Å²) in [6.07, 6.45) is 3.87. The molecule has 44 valence electrons. The van der Waals surface area contributed by atoms with Crippen molar-refractivity contribution in [1.29, 1.82) is 0 Å². The van der Waals surface area contributed by atoms with E-state index in [-0.39, 0.29) is 0 Å². The van der Waals surface area contributed by atoms with Gasteiger partial charge in [-0.15, -0.1) is 0 Å². The summed E-state index contributed by atoms with van der Waals surface area (Å²) in [6.45, 7) is 0. The third-order valence-corrected chi connectivity index (χ3v) is 1.14. The van der Waals surface area contributed by atoms with E-state index in [9.17, 15) is 0 Å². The minimum atomic E-state index is -0.629. The van der Waals surface area contributed by atoms with E-state index >= 15 is 0 Å². The summed E-state index contributed by atoms with van der Waals surface area (Å²) in [5, 5.41) is 8.85. The molecule has 0 spiro atoms. The molecule has 1 N–H and O–H groups in total. The lowest BCUT2D eigenvalue weighted by molar-refractivity contribution is 0.158. The van der Waals surface area contributed by atoms with Gasteiger partial charge in [-0.3, -0.25) is 4.31 Å². The van der Waals surface area contributed by atoms with Gasteiger partial charge in [-0.05, 0) is 6.08 Å². The lowest BCUT2D eigenvalue weighted by atomic mass is 10.5. The lowest BCUT2D eigenvalue weighted by Gasteiger charge is -2.17. The molecule has 1 aliphatic heterocycles. The molecule has 4 heteroatoms. The molecular formula is C4H6N2OS. The normalized spacial score (nSPS) is 26.8. The van der Waals surface area contributed by atoms with Gasteiger partial charge in [-0.2, -0.15) is 0 Å². The number of aliphatic imine (C=N–C) groups is 1. The first-order chi connectivity index (χ1) is 3.80. The number of aliphatic hydroxyl groups is 1. The van der Waals surface area contributed by atoms with Crippen molar-refractivity contribution in [3.05, 3.63) is 12.3 Å². The molecule has 1 heterocycles. The molecule has 3 nitrogen and oxygen atoms in total. The minimum absolute atomic E-state index is 0.629. The van der Waals surface area contributed by atoms with Gasteiger partial charge in [0.2, 0.25) is 0 Å². The van der Waals surface area contributed by atoms with Gasteiger partial charge in [0, 0.05) is 6.20 Å². The van der Waals surface area contributed by atoms with E-state index in [4.69, 9.17) is 5.11 Å². The van der Waals surface area contributed by atoms with E-state index in [2.05, 4.69) is 17.8 Å². The molecule has 1 atom stereocenters. The first kappa shape index (κ1) is 5.65. The molecule has 0 saturated carbocycles. The quantitative estimate of drug-likeness (QED) is 0.453. The van der Waals surface area contributed by atoms with Crippen LogP contribution in [0.5, 0.6) is 0 Å². The Morgan fingerprint density at radius 1 is 1.75 bits per heavy atom. The number of aliphatic hydroxyl groups excluding tert-OH is 1. The van der Waals surface area contributed by atoms with Crippen LogP contribution in [0.1, 0.15) is 0 Å². The van der Waals surface area contributed by atoms with Crippen LogP contribution in [0, 0.1) is 0 Å². The Kier molecular flexibility index (Phi) is 1.55. The second-order valence-electron chi connectivity index (χ2n) is 1.40. The highest BCUT2D eigenvalue weighted by Crippen LogP contribution is 2.01. The van der Waals surface area contributed by atoms with E-state index in [0.29, 0.717) is 0 Å². The van der Waals surface area contributed by atoms with Crippen LogP contribution < -0.4 is 0 Å². The van der Waals surface area contributed by atoms with Crippen LogP contribution in [-0.4, -0.2) is 22.0 Å². The fourth-order valence-corrected chi connectivity index (χ4v) is 0.527. The SMILES string of the molecule is OC1C=CN=CN1S. The molecule has 8 heavy (non-hydrogen) atoms. The Morgan fingerprint density at radius 3 is 2.88 bits per heavy atom. The Hall–Kier alpha value is -0.480. The number of thiol groups is 1. The van der Waals surface area contributed by atoms with E-state index in [0.717, 1.165) is 0 Å². The number of hydrogen-bond acceptors (Lipinski definition) is 4. The van der Waals surface area contributed by atoms with Crippen LogP contribution in [0.15, 0.2) is 17.3 Å². The first-order valence-corrected chi connectivity index (χ1v) is 2.56. The Bertz CT molecular complexity index is 118. The topological polar surface area (TPSA) is 35.8 Å². The second kappa shape index (κ2) is 2.19. The molecule has 0 aromatic carbocycles. The largest absolute Gasteiger partial charge is 0.369 e. The van der Waals surface area contributed by atoms with Crippen LogP contribution in [0.3, 0.4) is 0 Å². The number of hydrogen-bond donors (Lipinski definition) is 2. The lowest BCUT2D eigenvalue weighted by Crippen LogP contribution is -2.24. The summed E-state index contributed by atoms with van der Waals surface area (Å²) in [5.74, 6) is 0. The van der Waals surface area contributed by atoms with Gasteiger partial charge in [0.25, 0.3) is 0 Å². The van der Waals surface area contributed by atoms with Crippen LogP contribution in [0.4, 0.5) is 0 Å². The molecule has 1 aliphatic rings. The van der Waals surface area contributed by atoms with Gasteiger partial charge >= 0.3 is 0 Å². The molecule has 0 aromatic rings. The maximum Gasteiger partial charge on any atom is 0.158 e. The van der Waals surface area contributed by atoms with E-state index in [1.807, 2.05) is 0 Å². The molecule has 0 bridgehead atoms. The predicted octanol–water partition coefficient (Wildman–Crippen LogP) is 0.00720. The van der Waals surface area contributed by atoms with Gasteiger partial charge in [0.1, 0.15) is 6.34 Å². The summed E-state index contributed by atoms with van der Waals surface area (Å²) >= 11 is 3.84. The van der Waals surface area contributed by atoms with Crippen molar-refractivity contribution < 1.29 is 5.11 Å². The fraction of sp³-hybridized carbons (Fsp3) is 0.250. The van der Waals surface area contributed by atoms with Gasteiger partial charge in [0.05, 0.1) is 0 Å². The number of rotatable bonds is 0. The van der Waals surface area contributed by atoms with Crippen molar-refractivity contribution in [1.82, 2.24) is 4.31 Å². The fourth-order valence-electron chi connectivity index (χ4n) is 0.390. The summed E-state index contributed by atoms with van der Waals surface area (Å²) in [6, 6.07) is 0. The van der Waals surface area contributed by atoms with Gasteiger partial charge in [-0.25, -0.2) is 4.99 Å². The zero-order valence-corrected chi connectivity index (χ0v) is 4.99. The molecular weight excluding hydrogens is 124 g/mol. The molecule has 0 aromatic heterocycles. The van der Waals surface area contributed by atoms with Crippen LogP contribution in [-0.2, 0) is 0 Å². The maximum absolute atomic E-state index is 8.85. The Balaban J connectivity index is 2.59. The van der Waals surface area contributed by atoms with E-state index < -0.39 is 6.23 Å². The van der Waals surface area contributed by atoms with Crippen LogP contribution >= 0.6 is 12.8 Å². The molecule has 1 unspecified atom stereocenters. The van der Waals surface area contributed by atoms with Crippen molar-refractivity contribution in [2.75, 3.05) is 0 Å². The summed E-state index contributed by atoms with van der Waals surface area (Å²) < 4.78 is 1.31. The Labute approximate surface area is 52.9 Å². The third kappa shape index (κ3) is 1.02. The third-order valence-electron chi connectivity index (χ3n) is 0.800. The van der Waals surface area contributed by atoms with Crippen molar-refractivity contribution in [3.63, 3.8) is 0 Å². The minimum Gasteiger partial charge on any atom is -0.369 e. The Morgan fingerprint density at radius 2 is 2.50 bits per heavy atom. The highest BCUT2D eigenvalue weighted by atomic mass is 32.1. The monoisotopic (exact) mass is 130 g/mol. The van der Waals surface area contributed by atoms with Crippen molar-refractivity contribution in [3.8, 4) is 0 Å². The standard InChI is InChI=1S/C4H6N2OS/c7-4-1-2-5-3-6(4)8/h1-4,7-8H. The zero-order valence-electron chi connectivity index (χ0n) is 4.10. The second-order valence-corrected chi connectivity index (χ2v) is 1.86. The van der Waals surface area contributed by atoms with Crippen LogP contribution in [0.25, 0.3) is 0 Å². The summed E-state index contributed by atoms with van der Waals surface area (Å²) in [5.41, 5.74) is 0. The maximum atomic E-state index is 8.85. The number of nitrogens with zero attached hydrogens (tertiary/aromatic N) is 2. The molecule has 0 aliphatic carbocycles. The smallest absolute Gasteiger partial charge is 0.158 e. The first-order valence-electron chi connectivity index (χ1n) is 2.16.